The fraction of sp³-hybridized carbons (Fsp3) is 0.611. The van der Waals surface area contributed by atoms with Crippen molar-refractivity contribution < 1.29 is 14.3 Å². The molecule has 2 rings (SSSR count). The van der Waals surface area contributed by atoms with Crippen LogP contribution in [0.2, 0.25) is 0 Å². The third-order valence-corrected chi connectivity index (χ3v) is 4.09. The van der Waals surface area contributed by atoms with Gasteiger partial charge >= 0.3 is 6.09 Å². The van der Waals surface area contributed by atoms with Crippen molar-refractivity contribution in [3.8, 4) is 5.75 Å². The lowest BCUT2D eigenvalue weighted by Crippen LogP contribution is -2.54. The second-order valence-electron chi connectivity index (χ2n) is 7.32. The summed E-state index contributed by atoms with van der Waals surface area (Å²) in [7, 11) is 1.67. The molecule has 1 aliphatic heterocycles. The predicted octanol–water partition coefficient (Wildman–Crippen LogP) is 2.72. The van der Waals surface area contributed by atoms with Crippen LogP contribution in [0.1, 0.15) is 33.3 Å². The number of nitrogen functional groups attached to an aromatic ring is 1. The molecule has 1 unspecified atom stereocenters. The summed E-state index contributed by atoms with van der Waals surface area (Å²) in [6.07, 6.45) is -0.240. The molecule has 1 atom stereocenters. The molecule has 6 heteroatoms. The van der Waals surface area contributed by atoms with Crippen molar-refractivity contribution >= 4 is 11.8 Å². The Balaban J connectivity index is 1.99. The van der Waals surface area contributed by atoms with E-state index < -0.39 is 5.60 Å². The number of nitrogens with two attached hydrogens (primary N) is 1. The maximum Gasteiger partial charge on any atom is 0.410 e. The minimum Gasteiger partial charge on any atom is -0.496 e. The lowest BCUT2D eigenvalue weighted by atomic mass is 10.1. The smallest absolute Gasteiger partial charge is 0.410 e. The highest BCUT2D eigenvalue weighted by Gasteiger charge is 2.30. The van der Waals surface area contributed by atoms with Crippen molar-refractivity contribution in [1.29, 1.82) is 0 Å². The normalized spacial score (nSPS) is 19.2. The first-order valence-corrected chi connectivity index (χ1v) is 8.34. The van der Waals surface area contributed by atoms with Gasteiger partial charge in [-0.05, 0) is 45.9 Å². The first-order valence-electron chi connectivity index (χ1n) is 8.34. The molecule has 1 amide bonds. The maximum atomic E-state index is 12.2. The number of carbonyl (C=O) groups excluding carboxylic acids is 1. The van der Waals surface area contributed by atoms with Gasteiger partial charge in [-0.3, -0.25) is 4.90 Å². The van der Waals surface area contributed by atoms with Gasteiger partial charge in [0, 0.05) is 43.5 Å². The average Bonchev–Trinajstić information content (AvgIpc) is 2.47. The number of hydrogen-bond acceptors (Lipinski definition) is 5. The summed E-state index contributed by atoms with van der Waals surface area (Å²) in [5.74, 6) is 0.839. The number of piperazine rings is 1. The highest BCUT2D eigenvalue weighted by Crippen LogP contribution is 2.25. The molecule has 1 aromatic carbocycles. The van der Waals surface area contributed by atoms with Crippen LogP contribution in [0.15, 0.2) is 18.2 Å². The molecular formula is C18H29N3O3. The van der Waals surface area contributed by atoms with Gasteiger partial charge < -0.3 is 20.1 Å². The topological polar surface area (TPSA) is 68.0 Å². The standard InChI is InChI=1S/C18H29N3O3/c1-13-11-21(17(22)24-18(2,3)4)9-8-20(13)12-14-10-15(19)6-7-16(14)23-5/h6-7,10,13H,8-9,11-12,19H2,1-5H3. The Morgan fingerprint density at radius 3 is 2.62 bits per heavy atom. The number of methoxy groups -OCH3 is 1. The molecule has 0 bridgehead atoms. The molecule has 1 aromatic rings. The van der Waals surface area contributed by atoms with E-state index in [1.54, 1.807) is 12.0 Å². The molecule has 24 heavy (non-hydrogen) atoms. The second-order valence-corrected chi connectivity index (χ2v) is 7.32. The first kappa shape index (κ1) is 18.4. The van der Waals surface area contributed by atoms with Crippen molar-refractivity contribution in [2.75, 3.05) is 32.5 Å². The van der Waals surface area contributed by atoms with Gasteiger partial charge in [-0.15, -0.1) is 0 Å². The Morgan fingerprint density at radius 2 is 2.04 bits per heavy atom. The van der Waals surface area contributed by atoms with Crippen LogP contribution < -0.4 is 10.5 Å². The van der Waals surface area contributed by atoms with E-state index in [1.165, 1.54) is 0 Å². The fourth-order valence-electron chi connectivity index (χ4n) is 2.86. The molecule has 0 spiro atoms. The largest absolute Gasteiger partial charge is 0.496 e. The van der Waals surface area contributed by atoms with E-state index in [9.17, 15) is 4.79 Å². The molecule has 1 aliphatic rings. The summed E-state index contributed by atoms with van der Waals surface area (Å²) >= 11 is 0. The van der Waals surface area contributed by atoms with Crippen molar-refractivity contribution in [2.24, 2.45) is 0 Å². The minimum atomic E-state index is -0.466. The number of anilines is 1. The van der Waals surface area contributed by atoms with Crippen molar-refractivity contribution in [3.63, 3.8) is 0 Å². The Morgan fingerprint density at radius 1 is 1.33 bits per heavy atom. The summed E-state index contributed by atoms with van der Waals surface area (Å²) in [4.78, 5) is 16.3. The number of ether oxygens (including phenoxy) is 2. The van der Waals surface area contributed by atoms with Crippen LogP contribution in [0.4, 0.5) is 10.5 Å². The van der Waals surface area contributed by atoms with Gasteiger partial charge in [0.25, 0.3) is 0 Å². The lowest BCUT2D eigenvalue weighted by molar-refractivity contribution is 0.00452. The van der Waals surface area contributed by atoms with Gasteiger partial charge in [0.05, 0.1) is 7.11 Å². The van der Waals surface area contributed by atoms with Gasteiger partial charge in [0.2, 0.25) is 0 Å². The fourth-order valence-corrected chi connectivity index (χ4v) is 2.86. The number of hydrogen-bond donors (Lipinski definition) is 1. The van der Waals surface area contributed by atoms with Gasteiger partial charge in [-0.25, -0.2) is 4.79 Å². The Labute approximate surface area is 144 Å². The SMILES string of the molecule is COc1ccc(N)cc1CN1CCN(C(=O)OC(C)(C)C)CC1C. The van der Waals surface area contributed by atoms with E-state index in [-0.39, 0.29) is 12.1 Å². The molecular weight excluding hydrogens is 306 g/mol. The average molecular weight is 335 g/mol. The first-order chi connectivity index (χ1) is 11.2. The monoisotopic (exact) mass is 335 g/mol. The highest BCUT2D eigenvalue weighted by atomic mass is 16.6. The number of nitrogens with zero attached hydrogens (tertiary/aromatic N) is 2. The molecule has 134 valence electrons. The second kappa shape index (κ2) is 7.30. The van der Waals surface area contributed by atoms with Crippen LogP contribution >= 0.6 is 0 Å². The number of amides is 1. The predicted molar refractivity (Wildman–Crippen MR) is 95.1 cm³/mol. The third kappa shape index (κ3) is 4.77. The summed E-state index contributed by atoms with van der Waals surface area (Å²) in [5.41, 5.74) is 7.23. The zero-order valence-corrected chi connectivity index (χ0v) is 15.3. The summed E-state index contributed by atoms with van der Waals surface area (Å²) in [6, 6.07) is 5.92. The molecule has 0 saturated carbocycles. The Kier molecular flexibility index (Phi) is 5.59. The summed E-state index contributed by atoms with van der Waals surface area (Å²) < 4.78 is 10.9. The zero-order valence-electron chi connectivity index (χ0n) is 15.3. The number of carbonyl (C=O) groups is 1. The minimum absolute atomic E-state index is 0.234. The molecule has 2 N–H and O–H groups in total. The molecule has 0 aliphatic carbocycles. The van der Waals surface area contributed by atoms with E-state index in [0.29, 0.717) is 13.1 Å². The lowest BCUT2D eigenvalue weighted by Gasteiger charge is -2.40. The quantitative estimate of drug-likeness (QED) is 0.860. The van der Waals surface area contributed by atoms with Crippen molar-refractivity contribution in [1.82, 2.24) is 9.80 Å². The third-order valence-electron chi connectivity index (χ3n) is 4.09. The molecule has 0 aromatic heterocycles. The Bertz CT molecular complexity index is 583. The van der Waals surface area contributed by atoms with E-state index in [4.69, 9.17) is 15.2 Å². The van der Waals surface area contributed by atoms with E-state index in [1.807, 2.05) is 39.0 Å². The van der Waals surface area contributed by atoms with Gasteiger partial charge in [-0.2, -0.15) is 0 Å². The van der Waals surface area contributed by atoms with Crippen molar-refractivity contribution in [2.45, 2.75) is 45.9 Å². The van der Waals surface area contributed by atoms with E-state index in [2.05, 4.69) is 11.8 Å². The van der Waals surface area contributed by atoms with Gasteiger partial charge in [0.1, 0.15) is 11.4 Å². The van der Waals surface area contributed by atoms with Crippen LogP contribution in [0, 0.1) is 0 Å². The molecule has 0 radical (unpaired) electrons. The molecule has 1 heterocycles. The Hall–Kier alpha value is -1.95. The summed E-state index contributed by atoms with van der Waals surface area (Å²) in [6.45, 7) is 10.6. The van der Waals surface area contributed by atoms with E-state index >= 15 is 0 Å². The van der Waals surface area contributed by atoms with Crippen LogP contribution in [0.3, 0.4) is 0 Å². The van der Waals surface area contributed by atoms with Crippen molar-refractivity contribution in [3.05, 3.63) is 23.8 Å². The molecule has 1 fully saturated rings. The highest BCUT2D eigenvalue weighted by molar-refractivity contribution is 5.68. The van der Waals surface area contributed by atoms with E-state index in [0.717, 1.165) is 30.1 Å². The van der Waals surface area contributed by atoms with Gasteiger partial charge in [0.15, 0.2) is 0 Å². The van der Waals surface area contributed by atoms with Gasteiger partial charge in [-0.1, -0.05) is 0 Å². The van der Waals surface area contributed by atoms with Crippen LogP contribution in [0.25, 0.3) is 0 Å². The zero-order chi connectivity index (χ0) is 17.9. The van der Waals surface area contributed by atoms with Crippen LogP contribution in [-0.2, 0) is 11.3 Å². The number of rotatable bonds is 3. The number of benzene rings is 1. The summed E-state index contributed by atoms with van der Waals surface area (Å²) in [5, 5.41) is 0. The molecule has 1 saturated heterocycles. The molecule has 6 nitrogen and oxygen atoms in total. The van der Waals surface area contributed by atoms with Crippen LogP contribution in [-0.4, -0.2) is 54.3 Å². The van der Waals surface area contributed by atoms with Crippen LogP contribution in [0.5, 0.6) is 5.75 Å². The maximum absolute atomic E-state index is 12.2.